The molecule has 1 fully saturated rings. The van der Waals surface area contributed by atoms with Crippen molar-refractivity contribution < 1.29 is 4.74 Å². The second-order valence-electron chi connectivity index (χ2n) is 6.40. The van der Waals surface area contributed by atoms with Crippen LogP contribution in [0.2, 0.25) is 0 Å². The summed E-state index contributed by atoms with van der Waals surface area (Å²) in [6.45, 7) is 7.04. The number of methoxy groups -OCH3 is 1. The van der Waals surface area contributed by atoms with Crippen LogP contribution in [0, 0.1) is 11.8 Å². The zero-order valence-corrected chi connectivity index (χ0v) is 13.4. The topological polar surface area (TPSA) is 21.3 Å². The average molecular weight is 275 g/mol. The van der Waals surface area contributed by atoms with Gasteiger partial charge >= 0.3 is 0 Å². The predicted octanol–water partition coefficient (Wildman–Crippen LogP) is 4.56. The maximum Gasteiger partial charge on any atom is 0.118 e. The molecule has 0 spiro atoms. The molecule has 4 atom stereocenters. The lowest BCUT2D eigenvalue weighted by Crippen LogP contribution is -2.41. The molecule has 1 aromatic carbocycles. The van der Waals surface area contributed by atoms with Gasteiger partial charge in [0.1, 0.15) is 5.75 Å². The highest BCUT2D eigenvalue weighted by molar-refractivity contribution is 5.29. The molecule has 2 heteroatoms. The van der Waals surface area contributed by atoms with Crippen LogP contribution in [-0.4, -0.2) is 13.2 Å². The molecule has 0 bridgehead atoms. The van der Waals surface area contributed by atoms with Crippen molar-refractivity contribution in [1.29, 1.82) is 0 Å². The summed E-state index contributed by atoms with van der Waals surface area (Å²) in [6, 6.07) is 9.62. The zero-order valence-electron chi connectivity index (χ0n) is 13.4. The third kappa shape index (κ3) is 3.76. The van der Waals surface area contributed by atoms with E-state index in [1.54, 1.807) is 7.11 Å². The van der Waals surface area contributed by atoms with Crippen LogP contribution in [0.15, 0.2) is 24.3 Å². The number of rotatable bonds is 5. The molecule has 2 rings (SSSR count). The van der Waals surface area contributed by atoms with E-state index in [0.29, 0.717) is 12.1 Å². The zero-order chi connectivity index (χ0) is 14.5. The Morgan fingerprint density at radius 2 is 1.90 bits per heavy atom. The fourth-order valence-corrected chi connectivity index (χ4v) is 3.31. The van der Waals surface area contributed by atoms with Crippen molar-refractivity contribution in [2.24, 2.45) is 11.8 Å². The highest BCUT2D eigenvalue weighted by Crippen LogP contribution is 2.31. The van der Waals surface area contributed by atoms with Crippen molar-refractivity contribution in [3.05, 3.63) is 29.8 Å². The van der Waals surface area contributed by atoms with Crippen molar-refractivity contribution in [2.45, 2.75) is 58.5 Å². The first-order valence-corrected chi connectivity index (χ1v) is 8.04. The van der Waals surface area contributed by atoms with Crippen molar-refractivity contribution in [3.63, 3.8) is 0 Å². The van der Waals surface area contributed by atoms with Crippen LogP contribution in [-0.2, 0) is 0 Å². The van der Waals surface area contributed by atoms with E-state index in [-0.39, 0.29) is 0 Å². The summed E-state index contributed by atoms with van der Waals surface area (Å²) < 4.78 is 5.24. The first kappa shape index (κ1) is 15.4. The van der Waals surface area contributed by atoms with Gasteiger partial charge in [-0.1, -0.05) is 39.3 Å². The minimum absolute atomic E-state index is 0.457. The van der Waals surface area contributed by atoms with E-state index in [0.717, 1.165) is 24.0 Å². The Morgan fingerprint density at radius 1 is 1.20 bits per heavy atom. The molecule has 1 aliphatic carbocycles. The van der Waals surface area contributed by atoms with Crippen LogP contribution < -0.4 is 10.1 Å². The molecule has 1 aliphatic rings. The summed E-state index contributed by atoms with van der Waals surface area (Å²) in [5, 5.41) is 3.90. The molecular formula is C18H29NO. The van der Waals surface area contributed by atoms with Gasteiger partial charge < -0.3 is 10.1 Å². The van der Waals surface area contributed by atoms with Crippen LogP contribution >= 0.6 is 0 Å². The fraction of sp³-hybridized carbons (Fsp3) is 0.667. The van der Waals surface area contributed by atoms with Gasteiger partial charge in [0.2, 0.25) is 0 Å². The molecule has 0 radical (unpaired) electrons. The van der Waals surface area contributed by atoms with Gasteiger partial charge in [-0.15, -0.1) is 0 Å². The lowest BCUT2D eigenvalue weighted by molar-refractivity contribution is 0.211. The molecular weight excluding hydrogens is 246 g/mol. The van der Waals surface area contributed by atoms with Crippen LogP contribution in [0.4, 0.5) is 0 Å². The molecule has 0 heterocycles. The number of ether oxygens (including phenoxy) is 1. The number of benzene rings is 1. The summed E-state index contributed by atoms with van der Waals surface area (Å²) in [6.07, 6.45) is 5.19. The lowest BCUT2D eigenvalue weighted by atomic mass is 9.79. The van der Waals surface area contributed by atoms with Crippen LogP contribution in [0.25, 0.3) is 0 Å². The third-order valence-corrected chi connectivity index (χ3v) is 4.80. The highest BCUT2D eigenvalue weighted by Gasteiger charge is 2.27. The van der Waals surface area contributed by atoms with Crippen molar-refractivity contribution in [3.8, 4) is 5.75 Å². The summed E-state index contributed by atoms with van der Waals surface area (Å²) in [5.41, 5.74) is 1.37. The Kier molecular flexibility index (Phi) is 5.47. The van der Waals surface area contributed by atoms with E-state index >= 15 is 0 Å². The van der Waals surface area contributed by atoms with E-state index in [1.807, 2.05) is 0 Å². The molecule has 20 heavy (non-hydrogen) atoms. The Labute approximate surface area is 123 Å². The molecule has 112 valence electrons. The first-order valence-electron chi connectivity index (χ1n) is 8.04. The Balaban J connectivity index is 2.03. The number of hydrogen-bond donors (Lipinski definition) is 1. The molecule has 0 aliphatic heterocycles. The van der Waals surface area contributed by atoms with Gasteiger partial charge in [-0.2, -0.15) is 0 Å². The van der Waals surface area contributed by atoms with Gasteiger partial charge in [0, 0.05) is 12.1 Å². The van der Waals surface area contributed by atoms with E-state index in [9.17, 15) is 0 Å². The molecule has 1 N–H and O–H groups in total. The summed E-state index contributed by atoms with van der Waals surface area (Å²) >= 11 is 0. The van der Waals surface area contributed by atoms with Gasteiger partial charge in [-0.05, 0) is 48.8 Å². The molecule has 0 saturated heterocycles. The molecule has 0 amide bonds. The summed E-state index contributed by atoms with van der Waals surface area (Å²) in [5.74, 6) is 2.58. The SMILES string of the molecule is CCC(NC1CC(C)CCC1C)c1ccc(OC)cc1. The second-order valence-corrected chi connectivity index (χ2v) is 6.40. The quantitative estimate of drug-likeness (QED) is 0.850. The van der Waals surface area contributed by atoms with Gasteiger partial charge in [0.15, 0.2) is 0 Å². The molecule has 1 aromatic rings. The van der Waals surface area contributed by atoms with Crippen LogP contribution in [0.3, 0.4) is 0 Å². The monoisotopic (exact) mass is 275 g/mol. The normalized spacial score (nSPS) is 28.1. The fourth-order valence-electron chi connectivity index (χ4n) is 3.31. The maximum atomic E-state index is 5.24. The average Bonchev–Trinajstić information content (AvgIpc) is 2.48. The predicted molar refractivity (Wildman–Crippen MR) is 85.1 cm³/mol. The number of hydrogen-bond acceptors (Lipinski definition) is 2. The van der Waals surface area contributed by atoms with Gasteiger partial charge in [0.25, 0.3) is 0 Å². The van der Waals surface area contributed by atoms with Crippen molar-refractivity contribution >= 4 is 0 Å². The number of nitrogens with one attached hydrogen (secondary N) is 1. The van der Waals surface area contributed by atoms with Gasteiger partial charge in [0.05, 0.1) is 7.11 Å². The highest BCUT2D eigenvalue weighted by atomic mass is 16.5. The van der Waals surface area contributed by atoms with Gasteiger partial charge in [-0.3, -0.25) is 0 Å². The standard InChI is InChI=1S/C18H29NO/c1-5-17(15-8-10-16(20-4)11-9-15)19-18-12-13(2)6-7-14(18)3/h8-11,13-14,17-19H,5-7,12H2,1-4H3. The van der Waals surface area contributed by atoms with Crippen LogP contribution in [0.1, 0.15) is 58.1 Å². The van der Waals surface area contributed by atoms with E-state index in [4.69, 9.17) is 4.74 Å². The van der Waals surface area contributed by atoms with E-state index < -0.39 is 0 Å². The third-order valence-electron chi connectivity index (χ3n) is 4.80. The molecule has 1 saturated carbocycles. The Bertz CT molecular complexity index is 400. The molecule has 2 nitrogen and oxygen atoms in total. The lowest BCUT2D eigenvalue weighted by Gasteiger charge is -2.36. The maximum absolute atomic E-state index is 5.24. The molecule has 4 unspecified atom stereocenters. The molecule has 0 aromatic heterocycles. The summed E-state index contributed by atoms with van der Waals surface area (Å²) in [4.78, 5) is 0. The largest absolute Gasteiger partial charge is 0.497 e. The summed E-state index contributed by atoms with van der Waals surface area (Å²) in [7, 11) is 1.72. The first-order chi connectivity index (χ1) is 9.63. The second kappa shape index (κ2) is 7.12. The van der Waals surface area contributed by atoms with Crippen molar-refractivity contribution in [2.75, 3.05) is 7.11 Å². The van der Waals surface area contributed by atoms with E-state index in [1.165, 1.54) is 24.8 Å². The smallest absolute Gasteiger partial charge is 0.118 e. The van der Waals surface area contributed by atoms with Crippen molar-refractivity contribution in [1.82, 2.24) is 5.32 Å². The minimum Gasteiger partial charge on any atom is -0.497 e. The van der Waals surface area contributed by atoms with Gasteiger partial charge in [-0.25, -0.2) is 0 Å². The Morgan fingerprint density at radius 3 is 2.50 bits per heavy atom. The Hall–Kier alpha value is -1.02. The van der Waals surface area contributed by atoms with E-state index in [2.05, 4.69) is 50.4 Å². The van der Waals surface area contributed by atoms with Crippen LogP contribution in [0.5, 0.6) is 5.75 Å². The minimum atomic E-state index is 0.457.